The van der Waals surface area contributed by atoms with Gasteiger partial charge >= 0.3 is 0 Å². The summed E-state index contributed by atoms with van der Waals surface area (Å²) in [5.41, 5.74) is 4.15. The van der Waals surface area contributed by atoms with Crippen LogP contribution in [0.15, 0.2) is 91.0 Å². The van der Waals surface area contributed by atoms with Gasteiger partial charge in [0, 0.05) is 17.7 Å². The van der Waals surface area contributed by atoms with Crippen LogP contribution in [-0.2, 0) is 0 Å². The van der Waals surface area contributed by atoms with Crippen molar-refractivity contribution in [3.8, 4) is 68.3 Å². The van der Waals surface area contributed by atoms with Crippen molar-refractivity contribution in [3.63, 3.8) is 0 Å². The lowest BCUT2D eigenvalue weighted by Crippen LogP contribution is -2.02. The zero-order valence-electron chi connectivity index (χ0n) is 20.7. The Bertz CT molecular complexity index is 1540. The molecule has 0 saturated heterocycles. The molecule has 1 N–H and O–H groups in total. The molecular formula is C30H25N3O4. The summed E-state index contributed by atoms with van der Waals surface area (Å²) < 4.78 is 16.2. The molecule has 1 heterocycles. The maximum Gasteiger partial charge on any atom is 0.167 e. The largest absolute Gasteiger partial charge is 0.507 e. The van der Waals surface area contributed by atoms with E-state index in [0.29, 0.717) is 45.8 Å². The number of methoxy groups -OCH3 is 3. The minimum absolute atomic E-state index is 0.00331. The van der Waals surface area contributed by atoms with E-state index in [4.69, 9.17) is 29.2 Å². The lowest BCUT2D eigenvalue weighted by molar-refractivity contribution is 0.395. The molecule has 0 radical (unpaired) electrons. The van der Waals surface area contributed by atoms with Crippen molar-refractivity contribution in [2.24, 2.45) is 0 Å². The van der Waals surface area contributed by atoms with E-state index < -0.39 is 0 Å². The van der Waals surface area contributed by atoms with Crippen LogP contribution in [0.2, 0.25) is 0 Å². The molecule has 4 aromatic carbocycles. The molecule has 0 atom stereocenters. The van der Waals surface area contributed by atoms with Crippen molar-refractivity contribution in [2.75, 3.05) is 21.3 Å². The zero-order chi connectivity index (χ0) is 25.8. The van der Waals surface area contributed by atoms with E-state index in [1.807, 2.05) is 54.6 Å². The first-order valence-electron chi connectivity index (χ1n) is 11.6. The summed E-state index contributed by atoms with van der Waals surface area (Å²) in [7, 11) is 4.72. The number of benzene rings is 4. The molecule has 0 amide bonds. The van der Waals surface area contributed by atoms with E-state index in [2.05, 4.69) is 12.1 Å². The second-order valence-electron chi connectivity index (χ2n) is 8.20. The van der Waals surface area contributed by atoms with Gasteiger partial charge in [0.2, 0.25) is 0 Å². The molecule has 184 valence electrons. The lowest BCUT2D eigenvalue weighted by Gasteiger charge is -2.13. The summed E-state index contributed by atoms with van der Waals surface area (Å²) in [6.07, 6.45) is 0. The summed E-state index contributed by atoms with van der Waals surface area (Å²) in [4.78, 5) is 14.2. The molecule has 0 aliphatic heterocycles. The molecule has 5 aromatic rings. The first-order valence-corrected chi connectivity index (χ1v) is 11.6. The second kappa shape index (κ2) is 10.4. The van der Waals surface area contributed by atoms with E-state index in [0.717, 1.165) is 16.7 Å². The van der Waals surface area contributed by atoms with E-state index in [9.17, 15) is 5.11 Å². The van der Waals surface area contributed by atoms with Gasteiger partial charge in [-0.15, -0.1) is 0 Å². The Morgan fingerprint density at radius 1 is 0.514 bits per heavy atom. The highest BCUT2D eigenvalue weighted by atomic mass is 16.5. The van der Waals surface area contributed by atoms with E-state index in [1.165, 1.54) is 6.07 Å². The van der Waals surface area contributed by atoms with Crippen molar-refractivity contribution in [1.29, 1.82) is 0 Å². The SMILES string of the molecule is COc1ccc(-c2nc(-c3ccc(-c4ccccc4)cc3)nc(-c3ccc(OC)cc3OC)n2)c(O)c1. The van der Waals surface area contributed by atoms with Crippen LogP contribution in [0.1, 0.15) is 0 Å². The number of nitrogens with zero attached hydrogens (tertiary/aromatic N) is 3. The minimum Gasteiger partial charge on any atom is -0.507 e. The van der Waals surface area contributed by atoms with Crippen LogP contribution < -0.4 is 14.2 Å². The Labute approximate surface area is 215 Å². The molecule has 0 aliphatic rings. The van der Waals surface area contributed by atoms with Gasteiger partial charge in [-0.1, -0.05) is 54.6 Å². The maximum absolute atomic E-state index is 10.7. The number of hydrogen-bond acceptors (Lipinski definition) is 7. The molecule has 5 rings (SSSR count). The molecule has 0 bridgehead atoms. The molecule has 7 heteroatoms. The van der Waals surface area contributed by atoms with Crippen LogP contribution in [-0.4, -0.2) is 41.4 Å². The normalized spacial score (nSPS) is 10.7. The van der Waals surface area contributed by atoms with Gasteiger partial charge in [0.1, 0.15) is 23.0 Å². The molecular weight excluding hydrogens is 466 g/mol. The first-order chi connectivity index (χ1) is 18.1. The second-order valence-corrected chi connectivity index (χ2v) is 8.20. The lowest BCUT2D eigenvalue weighted by atomic mass is 10.0. The zero-order valence-corrected chi connectivity index (χ0v) is 20.7. The molecule has 0 fully saturated rings. The number of rotatable bonds is 7. The van der Waals surface area contributed by atoms with Crippen LogP contribution in [0.4, 0.5) is 0 Å². The fourth-order valence-electron chi connectivity index (χ4n) is 4.00. The number of hydrogen-bond donors (Lipinski definition) is 1. The van der Waals surface area contributed by atoms with Gasteiger partial charge < -0.3 is 19.3 Å². The average molecular weight is 492 g/mol. The van der Waals surface area contributed by atoms with Gasteiger partial charge in [-0.05, 0) is 35.4 Å². The van der Waals surface area contributed by atoms with E-state index >= 15 is 0 Å². The molecule has 0 saturated carbocycles. The Hall–Kier alpha value is -4.91. The monoisotopic (exact) mass is 491 g/mol. The number of aromatic hydroxyl groups is 1. The van der Waals surface area contributed by atoms with Crippen molar-refractivity contribution < 1.29 is 19.3 Å². The quantitative estimate of drug-likeness (QED) is 0.287. The fraction of sp³-hybridized carbons (Fsp3) is 0.100. The van der Waals surface area contributed by atoms with Crippen molar-refractivity contribution in [1.82, 2.24) is 15.0 Å². The molecule has 0 aliphatic carbocycles. The highest BCUT2D eigenvalue weighted by molar-refractivity contribution is 5.74. The third-order valence-corrected chi connectivity index (χ3v) is 5.98. The van der Waals surface area contributed by atoms with Crippen LogP contribution in [0, 0.1) is 0 Å². The Morgan fingerprint density at radius 3 is 1.68 bits per heavy atom. The van der Waals surface area contributed by atoms with E-state index in [1.54, 1.807) is 39.5 Å². The number of phenols is 1. The first kappa shape index (κ1) is 23.8. The molecule has 1 aromatic heterocycles. The van der Waals surface area contributed by atoms with Gasteiger partial charge in [0.05, 0.1) is 32.5 Å². The third-order valence-electron chi connectivity index (χ3n) is 5.98. The number of ether oxygens (including phenoxy) is 3. The Kier molecular flexibility index (Phi) is 6.68. The van der Waals surface area contributed by atoms with Gasteiger partial charge in [-0.25, -0.2) is 15.0 Å². The number of aromatic nitrogens is 3. The molecule has 0 spiro atoms. The van der Waals surface area contributed by atoms with E-state index in [-0.39, 0.29) is 5.75 Å². The van der Waals surface area contributed by atoms with Crippen molar-refractivity contribution in [3.05, 3.63) is 91.0 Å². The molecule has 7 nitrogen and oxygen atoms in total. The predicted octanol–water partition coefficient (Wildman–Crippen LogP) is 6.27. The average Bonchev–Trinajstić information content (AvgIpc) is 2.97. The minimum atomic E-state index is 0.00331. The maximum atomic E-state index is 10.7. The number of phenolic OH excluding ortho intramolecular Hbond substituents is 1. The summed E-state index contributed by atoms with van der Waals surface area (Å²) in [6.45, 7) is 0. The summed E-state index contributed by atoms with van der Waals surface area (Å²) in [5.74, 6) is 2.94. The molecule has 37 heavy (non-hydrogen) atoms. The highest BCUT2D eigenvalue weighted by Crippen LogP contribution is 2.36. The highest BCUT2D eigenvalue weighted by Gasteiger charge is 2.18. The fourth-order valence-corrected chi connectivity index (χ4v) is 4.00. The summed E-state index contributed by atoms with van der Waals surface area (Å²) in [5, 5.41) is 10.7. The molecule has 0 unspecified atom stereocenters. The van der Waals surface area contributed by atoms with Crippen molar-refractivity contribution >= 4 is 0 Å². The van der Waals surface area contributed by atoms with Crippen molar-refractivity contribution in [2.45, 2.75) is 0 Å². The summed E-state index contributed by atoms with van der Waals surface area (Å²) in [6, 6.07) is 28.6. The topological polar surface area (TPSA) is 86.6 Å². The van der Waals surface area contributed by atoms with Crippen LogP contribution in [0.3, 0.4) is 0 Å². The summed E-state index contributed by atoms with van der Waals surface area (Å²) >= 11 is 0. The van der Waals surface area contributed by atoms with Crippen LogP contribution in [0.25, 0.3) is 45.3 Å². The van der Waals surface area contributed by atoms with Crippen LogP contribution in [0.5, 0.6) is 23.0 Å². The van der Waals surface area contributed by atoms with Crippen LogP contribution >= 0.6 is 0 Å². The van der Waals surface area contributed by atoms with Gasteiger partial charge in [-0.3, -0.25) is 0 Å². The predicted molar refractivity (Wildman–Crippen MR) is 143 cm³/mol. The third kappa shape index (κ3) is 4.92. The Morgan fingerprint density at radius 2 is 1.05 bits per heavy atom. The standard InChI is InChI=1S/C30H25N3O4/c1-35-22-13-15-24(26(34)17-22)29-31-28(21-11-9-20(10-12-21)19-7-5-4-6-8-19)32-30(33-29)25-16-14-23(36-2)18-27(25)37-3/h4-18,34H,1-3H3. The van der Waals surface area contributed by atoms with Gasteiger partial charge in [0.15, 0.2) is 17.5 Å². The van der Waals surface area contributed by atoms with Gasteiger partial charge in [-0.2, -0.15) is 0 Å². The van der Waals surface area contributed by atoms with Gasteiger partial charge in [0.25, 0.3) is 0 Å². The Balaban J connectivity index is 1.66. The smallest absolute Gasteiger partial charge is 0.167 e.